The minimum atomic E-state index is -2.21. The smallest absolute Gasteiger partial charge is 0.344 e. The molecular formula is C23H22Cl2O9. The largest absolute Gasteiger partial charge is 0.496 e. The summed E-state index contributed by atoms with van der Waals surface area (Å²) in [4.78, 5) is 50.8. The Balaban J connectivity index is 2.17. The Morgan fingerprint density at radius 2 is 1.74 bits per heavy atom. The molecule has 0 saturated carbocycles. The van der Waals surface area contributed by atoms with E-state index in [9.17, 15) is 19.2 Å². The van der Waals surface area contributed by atoms with Gasteiger partial charge in [-0.15, -0.1) is 0 Å². The van der Waals surface area contributed by atoms with Gasteiger partial charge in [-0.25, -0.2) is 9.59 Å². The highest BCUT2D eigenvalue weighted by atomic mass is 35.5. The van der Waals surface area contributed by atoms with Gasteiger partial charge in [0.15, 0.2) is 29.6 Å². The van der Waals surface area contributed by atoms with Crippen LogP contribution in [0.1, 0.15) is 36.7 Å². The molecule has 1 aliphatic heterocycles. The SMILES string of the molecule is COC(=O)C1=CC(=O)C=C(OC)[C@]12Oc1c(Cl)c(C)c(Cl)c(OCC(=O)OC(C)(C)C)c1C2=O. The van der Waals surface area contributed by atoms with Crippen molar-refractivity contribution in [2.24, 2.45) is 0 Å². The van der Waals surface area contributed by atoms with Gasteiger partial charge in [0, 0.05) is 12.2 Å². The van der Waals surface area contributed by atoms with E-state index in [2.05, 4.69) is 0 Å². The van der Waals surface area contributed by atoms with Gasteiger partial charge in [-0.2, -0.15) is 0 Å². The van der Waals surface area contributed by atoms with Gasteiger partial charge in [-0.1, -0.05) is 23.2 Å². The summed E-state index contributed by atoms with van der Waals surface area (Å²) in [6.45, 7) is 6.04. The molecule has 0 saturated heterocycles. The number of allylic oxidation sites excluding steroid dienone is 2. The topological polar surface area (TPSA) is 114 Å². The van der Waals surface area contributed by atoms with Crippen LogP contribution in [0.4, 0.5) is 0 Å². The molecule has 0 radical (unpaired) electrons. The summed E-state index contributed by atoms with van der Waals surface area (Å²) in [5, 5.41) is -0.0637. The molecule has 0 aromatic heterocycles. The quantitative estimate of drug-likeness (QED) is 0.546. The molecule has 2 aliphatic rings. The summed E-state index contributed by atoms with van der Waals surface area (Å²) in [7, 11) is 2.29. The second-order valence-electron chi connectivity index (χ2n) is 8.44. The number of halogens is 2. The van der Waals surface area contributed by atoms with Gasteiger partial charge in [0.2, 0.25) is 5.78 Å². The first-order valence-electron chi connectivity index (χ1n) is 9.99. The molecule has 9 nitrogen and oxygen atoms in total. The van der Waals surface area contributed by atoms with Gasteiger partial charge in [-0.3, -0.25) is 9.59 Å². The van der Waals surface area contributed by atoms with Gasteiger partial charge < -0.3 is 23.7 Å². The Bertz CT molecular complexity index is 1170. The predicted octanol–water partition coefficient (Wildman–Crippen LogP) is 3.55. The predicted molar refractivity (Wildman–Crippen MR) is 120 cm³/mol. The van der Waals surface area contributed by atoms with Crippen LogP contribution < -0.4 is 9.47 Å². The highest BCUT2D eigenvalue weighted by molar-refractivity contribution is 6.40. The fourth-order valence-electron chi connectivity index (χ4n) is 3.58. The molecule has 1 aromatic rings. The number of hydrogen-bond donors (Lipinski definition) is 0. The maximum absolute atomic E-state index is 13.9. The molecule has 0 bridgehead atoms. The molecule has 182 valence electrons. The van der Waals surface area contributed by atoms with E-state index >= 15 is 0 Å². The molecule has 1 aliphatic carbocycles. The molecule has 1 spiro atoms. The van der Waals surface area contributed by atoms with Crippen molar-refractivity contribution in [2.45, 2.75) is 38.9 Å². The number of fused-ring (bicyclic) bond motifs is 1. The van der Waals surface area contributed by atoms with E-state index in [4.69, 9.17) is 46.9 Å². The molecule has 0 fully saturated rings. The van der Waals surface area contributed by atoms with Crippen molar-refractivity contribution in [3.63, 3.8) is 0 Å². The lowest BCUT2D eigenvalue weighted by Gasteiger charge is -2.31. The fourth-order valence-corrected chi connectivity index (χ4v) is 4.10. The van der Waals surface area contributed by atoms with Crippen LogP contribution in [0.5, 0.6) is 11.5 Å². The van der Waals surface area contributed by atoms with Crippen molar-refractivity contribution >= 4 is 46.7 Å². The van der Waals surface area contributed by atoms with Crippen LogP contribution in [-0.2, 0) is 28.6 Å². The standard InChI is InChI=1S/C23H22Cl2O9/c1-10-16(24)18(32-9-14(27)33-22(2,3)4)15-19(17(10)25)34-23(20(15)28)12(21(29)31-6)7-11(26)8-13(23)30-5/h7-8H,9H2,1-6H3/t23-/m1/s1. The summed E-state index contributed by atoms with van der Waals surface area (Å²) in [6, 6.07) is 0. The van der Waals surface area contributed by atoms with Gasteiger partial charge in [0.1, 0.15) is 16.7 Å². The zero-order valence-electron chi connectivity index (χ0n) is 19.3. The number of methoxy groups -OCH3 is 2. The van der Waals surface area contributed by atoms with E-state index in [1.807, 2.05) is 0 Å². The number of benzene rings is 1. The lowest BCUT2D eigenvalue weighted by Crippen LogP contribution is -2.49. The van der Waals surface area contributed by atoms with Crippen molar-refractivity contribution in [3.8, 4) is 11.5 Å². The third-order valence-electron chi connectivity index (χ3n) is 4.98. The monoisotopic (exact) mass is 512 g/mol. The summed E-state index contributed by atoms with van der Waals surface area (Å²) in [5.41, 5.74) is -3.31. The number of ketones is 2. The maximum Gasteiger partial charge on any atom is 0.344 e. The first-order chi connectivity index (χ1) is 15.8. The Hall–Kier alpha value is -3.04. The second kappa shape index (κ2) is 8.96. The lowest BCUT2D eigenvalue weighted by molar-refractivity contribution is -0.157. The molecule has 1 aromatic carbocycles. The van der Waals surface area contributed by atoms with Gasteiger partial charge in [0.05, 0.1) is 24.3 Å². The molecular weight excluding hydrogens is 491 g/mol. The molecule has 0 amide bonds. The van der Waals surface area contributed by atoms with Crippen molar-refractivity contribution < 1.29 is 42.9 Å². The lowest BCUT2D eigenvalue weighted by atomic mass is 9.81. The summed E-state index contributed by atoms with van der Waals surface area (Å²) in [6.07, 6.45) is 1.93. The second-order valence-corrected chi connectivity index (χ2v) is 9.19. The molecule has 1 heterocycles. The zero-order chi connectivity index (χ0) is 25.6. The number of Topliss-reactive ketones (excluding diaryl/α,β-unsaturated/α-hetero) is 1. The number of rotatable bonds is 5. The Morgan fingerprint density at radius 1 is 1.09 bits per heavy atom. The summed E-state index contributed by atoms with van der Waals surface area (Å²) >= 11 is 12.9. The minimum Gasteiger partial charge on any atom is -0.496 e. The van der Waals surface area contributed by atoms with Crippen molar-refractivity contribution in [1.82, 2.24) is 0 Å². The Morgan fingerprint density at radius 3 is 2.29 bits per heavy atom. The number of ether oxygens (including phenoxy) is 5. The number of hydrogen-bond acceptors (Lipinski definition) is 9. The molecule has 3 rings (SSSR count). The van der Waals surface area contributed by atoms with E-state index < -0.39 is 46.9 Å². The minimum absolute atomic E-state index is 0.0218. The first-order valence-corrected chi connectivity index (χ1v) is 10.7. The van der Waals surface area contributed by atoms with Crippen molar-refractivity contribution in [1.29, 1.82) is 0 Å². The molecule has 0 unspecified atom stereocenters. The highest BCUT2D eigenvalue weighted by Crippen LogP contribution is 2.54. The highest BCUT2D eigenvalue weighted by Gasteiger charge is 2.61. The van der Waals surface area contributed by atoms with Gasteiger partial charge in [-0.05, 0) is 33.3 Å². The average Bonchev–Trinajstić information content (AvgIpc) is 3.05. The van der Waals surface area contributed by atoms with Crippen molar-refractivity contribution in [3.05, 3.63) is 44.7 Å². The normalized spacial score (nSPS) is 19.2. The van der Waals surface area contributed by atoms with Crippen molar-refractivity contribution in [2.75, 3.05) is 20.8 Å². The van der Waals surface area contributed by atoms with E-state index in [1.165, 1.54) is 7.11 Å². The molecule has 34 heavy (non-hydrogen) atoms. The first kappa shape index (κ1) is 25.6. The van der Waals surface area contributed by atoms with Gasteiger partial charge in [0.25, 0.3) is 5.60 Å². The summed E-state index contributed by atoms with van der Waals surface area (Å²) in [5.74, 6) is -3.76. The van der Waals surface area contributed by atoms with E-state index in [0.29, 0.717) is 5.56 Å². The van der Waals surface area contributed by atoms with Crippen LogP contribution in [0.25, 0.3) is 0 Å². The third kappa shape index (κ3) is 4.14. The van der Waals surface area contributed by atoms with Crippen LogP contribution in [0.3, 0.4) is 0 Å². The van der Waals surface area contributed by atoms with E-state index in [0.717, 1.165) is 19.3 Å². The fraction of sp³-hybridized carbons (Fsp3) is 0.391. The van der Waals surface area contributed by atoms with Crippen LogP contribution in [0, 0.1) is 6.92 Å². The van der Waals surface area contributed by atoms with E-state index in [1.54, 1.807) is 27.7 Å². The van der Waals surface area contributed by atoms with Gasteiger partial charge >= 0.3 is 11.9 Å². The number of carbonyl (C=O) groups is 4. The van der Waals surface area contributed by atoms with E-state index in [-0.39, 0.29) is 32.9 Å². The molecule has 11 heteroatoms. The van der Waals surface area contributed by atoms with Crippen LogP contribution in [0.15, 0.2) is 23.5 Å². The van der Waals surface area contributed by atoms with Crippen LogP contribution in [-0.4, -0.2) is 55.5 Å². The Labute approximate surface area is 205 Å². The summed E-state index contributed by atoms with van der Waals surface area (Å²) < 4.78 is 26.9. The number of esters is 2. The Kier molecular flexibility index (Phi) is 6.74. The maximum atomic E-state index is 13.9. The third-order valence-corrected chi connectivity index (χ3v) is 5.89. The zero-order valence-corrected chi connectivity index (χ0v) is 20.8. The van der Waals surface area contributed by atoms with Crippen LogP contribution in [0.2, 0.25) is 10.0 Å². The number of carbonyl (C=O) groups excluding carboxylic acids is 4. The molecule has 1 atom stereocenters. The average molecular weight is 513 g/mol. The molecule has 0 N–H and O–H groups in total. The van der Waals surface area contributed by atoms with Crippen LogP contribution >= 0.6 is 23.2 Å².